The van der Waals surface area contributed by atoms with Crippen molar-refractivity contribution >= 4 is 17.1 Å². The van der Waals surface area contributed by atoms with Crippen molar-refractivity contribution in [2.75, 3.05) is 19.2 Å². The lowest BCUT2D eigenvalue weighted by Crippen LogP contribution is -2.14. The van der Waals surface area contributed by atoms with Crippen LogP contribution in [0.5, 0.6) is 0 Å². The minimum absolute atomic E-state index is 0.299. The Morgan fingerprint density at radius 1 is 1.50 bits per heavy atom. The molecule has 2 aromatic rings. The van der Waals surface area contributed by atoms with Crippen LogP contribution in [-0.4, -0.2) is 19.1 Å². The first-order chi connectivity index (χ1) is 6.70. The maximum Gasteiger partial charge on any atom is 0.322 e. The highest BCUT2D eigenvalue weighted by atomic mass is 19.1. The summed E-state index contributed by atoms with van der Waals surface area (Å²) in [6, 6.07) is 4.48. The van der Waals surface area contributed by atoms with Gasteiger partial charge in [0.1, 0.15) is 11.3 Å². The monoisotopic (exact) mass is 196 g/mol. The second-order valence-electron chi connectivity index (χ2n) is 2.79. The van der Waals surface area contributed by atoms with Gasteiger partial charge in [0.05, 0.1) is 7.11 Å². The van der Waals surface area contributed by atoms with Gasteiger partial charge < -0.3 is 4.42 Å². The van der Waals surface area contributed by atoms with Gasteiger partial charge in [-0.2, -0.15) is 4.98 Å². The molecule has 74 valence electrons. The van der Waals surface area contributed by atoms with Crippen molar-refractivity contribution in [2.24, 2.45) is 0 Å². The van der Waals surface area contributed by atoms with Crippen LogP contribution in [0.25, 0.3) is 11.1 Å². The molecule has 0 aliphatic heterocycles. The summed E-state index contributed by atoms with van der Waals surface area (Å²) in [5.74, 6) is -0.347. The Hall–Kier alpha value is -1.62. The van der Waals surface area contributed by atoms with Gasteiger partial charge >= 0.3 is 6.01 Å². The molecule has 0 atom stereocenters. The fourth-order valence-corrected chi connectivity index (χ4v) is 1.10. The van der Waals surface area contributed by atoms with Crippen LogP contribution in [0.4, 0.5) is 10.4 Å². The van der Waals surface area contributed by atoms with Gasteiger partial charge in [-0.3, -0.25) is 4.84 Å². The van der Waals surface area contributed by atoms with Crippen LogP contribution in [0.15, 0.2) is 22.6 Å². The molecule has 0 bridgehead atoms. The van der Waals surface area contributed by atoms with E-state index in [2.05, 4.69) is 4.98 Å². The predicted octanol–water partition coefficient (Wildman–Crippen LogP) is 1.96. The maximum atomic E-state index is 12.8. The molecule has 0 fully saturated rings. The number of halogens is 1. The van der Waals surface area contributed by atoms with E-state index in [0.717, 1.165) is 0 Å². The van der Waals surface area contributed by atoms with Crippen molar-refractivity contribution in [3.8, 4) is 0 Å². The molecule has 0 radical (unpaired) electrons. The summed E-state index contributed by atoms with van der Waals surface area (Å²) in [5.41, 5.74) is 1.01. The zero-order valence-corrected chi connectivity index (χ0v) is 7.82. The van der Waals surface area contributed by atoms with Gasteiger partial charge in [0.25, 0.3) is 0 Å². The number of nitrogens with zero attached hydrogens (tertiary/aromatic N) is 2. The third kappa shape index (κ3) is 1.42. The molecule has 2 rings (SSSR count). The molecule has 0 N–H and O–H groups in total. The second-order valence-corrected chi connectivity index (χ2v) is 2.79. The smallest absolute Gasteiger partial charge is 0.322 e. The molecule has 1 aromatic carbocycles. The highest BCUT2D eigenvalue weighted by Gasteiger charge is 2.09. The van der Waals surface area contributed by atoms with E-state index < -0.39 is 0 Å². The van der Waals surface area contributed by atoms with E-state index in [-0.39, 0.29) is 5.82 Å². The highest BCUT2D eigenvalue weighted by molar-refractivity contribution is 5.74. The van der Waals surface area contributed by atoms with E-state index >= 15 is 0 Å². The van der Waals surface area contributed by atoms with Gasteiger partial charge in [-0.15, -0.1) is 0 Å². The molecule has 0 unspecified atom stereocenters. The maximum absolute atomic E-state index is 12.8. The third-order valence-corrected chi connectivity index (χ3v) is 1.88. The Morgan fingerprint density at radius 2 is 2.29 bits per heavy atom. The standard InChI is InChI=1S/C9H9FN2O2/c1-12(13-2)9-11-7-4-3-6(10)5-8(7)14-9/h3-5H,1-2H3. The topological polar surface area (TPSA) is 38.5 Å². The molecule has 5 heteroatoms. The number of oxazole rings is 1. The quantitative estimate of drug-likeness (QED) is 0.688. The van der Waals surface area contributed by atoms with Crippen molar-refractivity contribution in [3.63, 3.8) is 0 Å². The molecular formula is C9H9FN2O2. The summed E-state index contributed by atoms with van der Waals surface area (Å²) >= 11 is 0. The summed E-state index contributed by atoms with van der Waals surface area (Å²) in [6.45, 7) is 0. The molecular weight excluding hydrogens is 187 g/mol. The van der Waals surface area contributed by atoms with Gasteiger partial charge in [-0.1, -0.05) is 0 Å². The second kappa shape index (κ2) is 3.26. The van der Waals surface area contributed by atoms with Crippen LogP contribution in [-0.2, 0) is 4.84 Å². The van der Waals surface area contributed by atoms with E-state index in [1.165, 1.54) is 24.3 Å². The molecule has 0 spiro atoms. The zero-order chi connectivity index (χ0) is 10.1. The van der Waals surface area contributed by atoms with Crippen molar-refractivity contribution < 1.29 is 13.6 Å². The number of aromatic nitrogens is 1. The highest BCUT2D eigenvalue weighted by Crippen LogP contribution is 2.21. The van der Waals surface area contributed by atoms with Gasteiger partial charge in [-0.05, 0) is 12.1 Å². The lowest BCUT2D eigenvalue weighted by molar-refractivity contribution is 0.169. The molecule has 1 heterocycles. The van der Waals surface area contributed by atoms with E-state index in [9.17, 15) is 4.39 Å². The minimum atomic E-state index is -0.347. The lowest BCUT2D eigenvalue weighted by atomic mass is 10.3. The van der Waals surface area contributed by atoms with Crippen molar-refractivity contribution in [1.82, 2.24) is 4.98 Å². The van der Waals surface area contributed by atoms with Crippen LogP contribution < -0.4 is 5.06 Å². The summed E-state index contributed by atoms with van der Waals surface area (Å²) in [7, 11) is 3.15. The number of hydroxylamine groups is 1. The van der Waals surface area contributed by atoms with E-state index in [1.54, 1.807) is 13.1 Å². The van der Waals surface area contributed by atoms with Gasteiger partial charge in [0.15, 0.2) is 5.58 Å². The largest absolute Gasteiger partial charge is 0.422 e. The first kappa shape index (κ1) is 8.96. The summed E-state index contributed by atoms with van der Waals surface area (Å²) in [6.07, 6.45) is 0. The number of fused-ring (bicyclic) bond motifs is 1. The Labute approximate surface area is 79.8 Å². The Balaban J connectivity index is 2.51. The lowest BCUT2D eigenvalue weighted by Gasteiger charge is -2.08. The first-order valence-electron chi connectivity index (χ1n) is 4.04. The summed E-state index contributed by atoms with van der Waals surface area (Å²) in [4.78, 5) is 8.97. The molecule has 14 heavy (non-hydrogen) atoms. The third-order valence-electron chi connectivity index (χ3n) is 1.88. The average molecular weight is 196 g/mol. The zero-order valence-electron chi connectivity index (χ0n) is 7.82. The van der Waals surface area contributed by atoms with Crippen LogP contribution in [0.3, 0.4) is 0 Å². The number of hydrogen-bond donors (Lipinski definition) is 0. The van der Waals surface area contributed by atoms with E-state index in [1.807, 2.05) is 0 Å². The molecule has 0 aliphatic rings. The van der Waals surface area contributed by atoms with E-state index in [4.69, 9.17) is 9.25 Å². The average Bonchev–Trinajstić information content (AvgIpc) is 2.59. The minimum Gasteiger partial charge on any atom is -0.422 e. The van der Waals surface area contributed by atoms with Crippen molar-refractivity contribution in [3.05, 3.63) is 24.0 Å². The number of benzene rings is 1. The van der Waals surface area contributed by atoms with E-state index in [0.29, 0.717) is 17.1 Å². The fraction of sp³-hybridized carbons (Fsp3) is 0.222. The van der Waals surface area contributed by atoms with Gasteiger partial charge in [0.2, 0.25) is 0 Å². The SMILES string of the molecule is CON(C)c1nc2ccc(F)cc2o1. The van der Waals surface area contributed by atoms with Gasteiger partial charge in [-0.25, -0.2) is 9.45 Å². The molecule has 0 saturated heterocycles. The van der Waals surface area contributed by atoms with Crippen LogP contribution in [0.1, 0.15) is 0 Å². The Kier molecular flexibility index (Phi) is 2.09. The normalized spacial score (nSPS) is 10.8. The van der Waals surface area contributed by atoms with Crippen LogP contribution in [0.2, 0.25) is 0 Å². The molecule has 0 amide bonds. The number of rotatable bonds is 2. The molecule has 1 aromatic heterocycles. The summed E-state index contributed by atoms with van der Waals surface area (Å²) in [5, 5.41) is 1.36. The Morgan fingerprint density at radius 3 is 3.00 bits per heavy atom. The van der Waals surface area contributed by atoms with Crippen molar-refractivity contribution in [1.29, 1.82) is 0 Å². The molecule has 4 nitrogen and oxygen atoms in total. The predicted molar refractivity (Wildman–Crippen MR) is 49.4 cm³/mol. The van der Waals surface area contributed by atoms with Crippen LogP contribution >= 0.6 is 0 Å². The number of hydrogen-bond acceptors (Lipinski definition) is 4. The molecule has 0 saturated carbocycles. The van der Waals surface area contributed by atoms with Crippen LogP contribution in [0, 0.1) is 5.82 Å². The Bertz CT molecular complexity index is 455. The number of anilines is 1. The summed E-state index contributed by atoms with van der Waals surface area (Å²) < 4.78 is 18.0. The molecule has 0 aliphatic carbocycles. The van der Waals surface area contributed by atoms with Gasteiger partial charge in [0, 0.05) is 13.1 Å². The first-order valence-corrected chi connectivity index (χ1v) is 4.04. The van der Waals surface area contributed by atoms with Crippen molar-refractivity contribution in [2.45, 2.75) is 0 Å². The fourth-order valence-electron chi connectivity index (χ4n) is 1.10.